The first kappa shape index (κ1) is 13.9. The van der Waals surface area contributed by atoms with E-state index < -0.39 is 0 Å². The Morgan fingerprint density at radius 1 is 1.11 bits per heavy atom. The summed E-state index contributed by atoms with van der Waals surface area (Å²) in [6.07, 6.45) is 1.08. The van der Waals surface area contributed by atoms with Gasteiger partial charge >= 0.3 is 0 Å². The van der Waals surface area contributed by atoms with E-state index >= 15 is 0 Å². The zero-order valence-electron chi connectivity index (χ0n) is 10.2. The molecule has 1 N–H and O–H groups in total. The van der Waals surface area contributed by atoms with Gasteiger partial charge in [-0.1, -0.05) is 42.3 Å². The van der Waals surface area contributed by atoms with Gasteiger partial charge in [-0.05, 0) is 35.1 Å². The van der Waals surface area contributed by atoms with Crippen LogP contribution in [0.15, 0.2) is 29.6 Å². The van der Waals surface area contributed by atoms with E-state index in [9.17, 15) is 0 Å². The Labute approximate surface area is 122 Å². The Morgan fingerprint density at radius 2 is 1.94 bits per heavy atom. The molecule has 0 aliphatic rings. The summed E-state index contributed by atoms with van der Waals surface area (Å²) in [6.45, 7) is 3.80. The van der Waals surface area contributed by atoms with Gasteiger partial charge in [0, 0.05) is 18.0 Å². The molecule has 4 heteroatoms. The molecule has 0 spiro atoms. The van der Waals surface area contributed by atoms with Gasteiger partial charge in [-0.25, -0.2) is 0 Å². The number of rotatable bonds is 5. The molecule has 1 heterocycles. The van der Waals surface area contributed by atoms with Crippen molar-refractivity contribution in [2.75, 3.05) is 0 Å². The van der Waals surface area contributed by atoms with Crippen molar-refractivity contribution >= 4 is 34.5 Å². The second-order valence-corrected chi connectivity index (χ2v) is 5.82. The van der Waals surface area contributed by atoms with Crippen LogP contribution in [0.25, 0.3) is 0 Å². The lowest BCUT2D eigenvalue weighted by Gasteiger charge is -2.08. The Kier molecular flexibility index (Phi) is 5.07. The summed E-state index contributed by atoms with van der Waals surface area (Å²) in [4.78, 5) is 1.40. The maximum atomic E-state index is 6.14. The van der Waals surface area contributed by atoms with Crippen LogP contribution in [0.4, 0.5) is 0 Å². The van der Waals surface area contributed by atoms with Crippen molar-refractivity contribution < 1.29 is 0 Å². The predicted molar refractivity (Wildman–Crippen MR) is 80.7 cm³/mol. The Balaban J connectivity index is 1.94. The number of nitrogens with one attached hydrogen (secondary N) is 1. The van der Waals surface area contributed by atoms with Gasteiger partial charge in [-0.15, -0.1) is 11.3 Å². The fourth-order valence-electron chi connectivity index (χ4n) is 1.83. The highest BCUT2D eigenvalue weighted by molar-refractivity contribution is 7.10. The molecule has 0 amide bonds. The molecule has 0 bridgehead atoms. The van der Waals surface area contributed by atoms with E-state index in [4.69, 9.17) is 23.2 Å². The summed E-state index contributed by atoms with van der Waals surface area (Å²) in [5, 5.41) is 6.81. The van der Waals surface area contributed by atoms with Gasteiger partial charge in [0.05, 0.1) is 10.0 Å². The molecule has 1 aromatic heterocycles. The Bertz CT molecular complexity index is 522. The smallest absolute Gasteiger partial charge is 0.0637 e. The van der Waals surface area contributed by atoms with E-state index in [0.717, 1.165) is 25.1 Å². The van der Waals surface area contributed by atoms with Gasteiger partial charge in [-0.3, -0.25) is 0 Å². The summed E-state index contributed by atoms with van der Waals surface area (Å²) < 4.78 is 0. The molecule has 2 aromatic rings. The van der Waals surface area contributed by atoms with E-state index in [2.05, 4.69) is 23.7 Å². The maximum Gasteiger partial charge on any atom is 0.0637 e. The van der Waals surface area contributed by atoms with Crippen LogP contribution in [-0.2, 0) is 19.5 Å². The molecule has 18 heavy (non-hydrogen) atoms. The number of thiophene rings is 1. The molecule has 0 fully saturated rings. The molecule has 2 rings (SSSR count). The van der Waals surface area contributed by atoms with E-state index in [1.54, 1.807) is 11.3 Å². The quantitative estimate of drug-likeness (QED) is 0.827. The molecule has 0 aliphatic carbocycles. The topological polar surface area (TPSA) is 12.0 Å². The number of aryl methyl sites for hydroxylation is 1. The van der Waals surface area contributed by atoms with Crippen LogP contribution in [0.5, 0.6) is 0 Å². The number of halogens is 2. The minimum atomic E-state index is 0.612. The van der Waals surface area contributed by atoms with Crippen molar-refractivity contribution in [3.8, 4) is 0 Å². The van der Waals surface area contributed by atoms with E-state index in [1.165, 1.54) is 10.4 Å². The summed E-state index contributed by atoms with van der Waals surface area (Å²) >= 11 is 13.9. The fourth-order valence-corrected chi connectivity index (χ4v) is 3.17. The number of hydrogen-bond acceptors (Lipinski definition) is 2. The zero-order chi connectivity index (χ0) is 13.0. The van der Waals surface area contributed by atoms with Gasteiger partial charge < -0.3 is 5.32 Å². The molecule has 0 radical (unpaired) electrons. The van der Waals surface area contributed by atoms with Crippen molar-refractivity contribution in [2.24, 2.45) is 0 Å². The molecule has 1 nitrogen and oxygen atoms in total. The first-order valence-corrected chi connectivity index (χ1v) is 7.54. The van der Waals surface area contributed by atoms with Gasteiger partial charge in [0.25, 0.3) is 0 Å². The van der Waals surface area contributed by atoms with Gasteiger partial charge in [0.1, 0.15) is 0 Å². The largest absolute Gasteiger partial charge is 0.308 e. The maximum absolute atomic E-state index is 6.14. The normalized spacial score (nSPS) is 10.8. The van der Waals surface area contributed by atoms with Gasteiger partial charge in [0.15, 0.2) is 0 Å². The highest BCUT2D eigenvalue weighted by Gasteiger charge is 2.05. The lowest BCUT2D eigenvalue weighted by molar-refractivity contribution is 0.697. The van der Waals surface area contributed by atoms with E-state index in [-0.39, 0.29) is 0 Å². The third-order valence-electron chi connectivity index (χ3n) is 2.85. The molecule has 96 valence electrons. The third kappa shape index (κ3) is 3.27. The first-order chi connectivity index (χ1) is 8.72. The van der Waals surface area contributed by atoms with E-state index in [0.29, 0.717) is 10.0 Å². The van der Waals surface area contributed by atoms with Crippen molar-refractivity contribution in [3.63, 3.8) is 0 Å². The summed E-state index contributed by atoms with van der Waals surface area (Å²) in [6, 6.07) is 7.92. The summed E-state index contributed by atoms with van der Waals surface area (Å²) in [7, 11) is 0. The molecule has 1 aromatic carbocycles. The van der Waals surface area contributed by atoms with Crippen LogP contribution >= 0.6 is 34.5 Å². The summed E-state index contributed by atoms with van der Waals surface area (Å²) in [5.74, 6) is 0. The molecule has 0 atom stereocenters. The Morgan fingerprint density at radius 3 is 2.72 bits per heavy atom. The molecule has 0 aliphatic heterocycles. The van der Waals surface area contributed by atoms with Crippen LogP contribution in [0.1, 0.15) is 22.9 Å². The zero-order valence-corrected chi connectivity index (χ0v) is 12.5. The standard InChI is InChI=1S/C14H15Cl2NS/c1-2-10-6-7-18-13(10)9-17-8-11-4-3-5-12(15)14(11)16/h3-7,17H,2,8-9H2,1H3. The highest BCUT2D eigenvalue weighted by atomic mass is 35.5. The molecular formula is C14H15Cl2NS. The van der Waals surface area contributed by atoms with Crippen LogP contribution < -0.4 is 5.32 Å². The van der Waals surface area contributed by atoms with Crippen molar-refractivity contribution in [3.05, 3.63) is 55.7 Å². The van der Waals surface area contributed by atoms with Crippen LogP contribution in [0.2, 0.25) is 10.0 Å². The minimum Gasteiger partial charge on any atom is -0.308 e. The average molecular weight is 300 g/mol. The highest BCUT2D eigenvalue weighted by Crippen LogP contribution is 2.25. The minimum absolute atomic E-state index is 0.612. The average Bonchev–Trinajstić information content (AvgIpc) is 2.82. The van der Waals surface area contributed by atoms with E-state index in [1.807, 2.05) is 18.2 Å². The SMILES string of the molecule is CCc1ccsc1CNCc1cccc(Cl)c1Cl. The summed E-state index contributed by atoms with van der Waals surface area (Å²) in [5.41, 5.74) is 2.46. The molecule has 0 unspecified atom stereocenters. The van der Waals surface area contributed by atoms with Crippen LogP contribution in [-0.4, -0.2) is 0 Å². The number of benzene rings is 1. The third-order valence-corrected chi connectivity index (χ3v) is 4.67. The lowest BCUT2D eigenvalue weighted by Crippen LogP contribution is -2.13. The molecule has 0 saturated heterocycles. The van der Waals surface area contributed by atoms with Gasteiger partial charge in [-0.2, -0.15) is 0 Å². The Hall–Kier alpha value is -0.540. The second kappa shape index (κ2) is 6.58. The van der Waals surface area contributed by atoms with Crippen molar-refractivity contribution in [2.45, 2.75) is 26.4 Å². The van der Waals surface area contributed by atoms with Crippen molar-refractivity contribution in [1.82, 2.24) is 5.32 Å². The monoisotopic (exact) mass is 299 g/mol. The predicted octanol–water partition coefficient (Wildman–Crippen LogP) is 4.91. The number of hydrogen-bond donors (Lipinski definition) is 1. The van der Waals surface area contributed by atoms with Crippen molar-refractivity contribution in [1.29, 1.82) is 0 Å². The molecule has 0 saturated carbocycles. The first-order valence-electron chi connectivity index (χ1n) is 5.91. The lowest BCUT2D eigenvalue weighted by atomic mass is 10.2. The van der Waals surface area contributed by atoms with Crippen LogP contribution in [0, 0.1) is 0 Å². The second-order valence-electron chi connectivity index (χ2n) is 4.04. The van der Waals surface area contributed by atoms with Crippen LogP contribution in [0.3, 0.4) is 0 Å². The molecular weight excluding hydrogens is 285 g/mol. The van der Waals surface area contributed by atoms with Gasteiger partial charge in [0.2, 0.25) is 0 Å². The fraction of sp³-hybridized carbons (Fsp3) is 0.286.